The zero-order valence-corrected chi connectivity index (χ0v) is 15.6. The van der Waals surface area contributed by atoms with Crippen molar-refractivity contribution in [2.24, 2.45) is 7.05 Å². The molecule has 0 saturated heterocycles. The lowest BCUT2D eigenvalue weighted by molar-refractivity contribution is 0.0590. The minimum atomic E-state index is -0.490. The number of amides is 2. The Kier molecular flexibility index (Phi) is 5.03. The van der Waals surface area contributed by atoms with E-state index in [4.69, 9.17) is 4.74 Å². The molecule has 0 aromatic carbocycles. The van der Waals surface area contributed by atoms with Gasteiger partial charge in [-0.3, -0.25) is 5.32 Å². The van der Waals surface area contributed by atoms with Crippen molar-refractivity contribution in [3.05, 3.63) is 34.5 Å². The number of aryl methyl sites for hydroxylation is 1. The third-order valence-electron chi connectivity index (χ3n) is 3.61. The van der Waals surface area contributed by atoms with E-state index in [9.17, 15) is 9.59 Å². The number of anilines is 2. The standard InChI is InChI=1S/C17H23N3O3S/c1-10-7-8-13(24-10)19-16(22)18-11-9-12(17(2,3)4)20(5)14(11)15(21)23-6/h7-9H,1-6H3,(H2,18,19,22). The summed E-state index contributed by atoms with van der Waals surface area (Å²) in [4.78, 5) is 25.5. The Morgan fingerprint density at radius 2 is 1.88 bits per heavy atom. The zero-order chi connectivity index (χ0) is 18.1. The first kappa shape index (κ1) is 18.1. The molecule has 7 heteroatoms. The molecular weight excluding hydrogens is 326 g/mol. The largest absolute Gasteiger partial charge is 0.464 e. The third-order valence-corrected chi connectivity index (χ3v) is 4.52. The van der Waals surface area contributed by atoms with Crippen LogP contribution < -0.4 is 10.6 Å². The normalized spacial score (nSPS) is 11.2. The van der Waals surface area contributed by atoms with Gasteiger partial charge in [-0.15, -0.1) is 11.3 Å². The molecule has 2 amide bonds. The van der Waals surface area contributed by atoms with E-state index < -0.39 is 12.0 Å². The average Bonchev–Trinajstić information content (AvgIpc) is 3.01. The zero-order valence-electron chi connectivity index (χ0n) is 14.8. The Hall–Kier alpha value is -2.28. The van der Waals surface area contributed by atoms with Crippen LogP contribution in [-0.2, 0) is 17.2 Å². The van der Waals surface area contributed by atoms with Gasteiger partial charge in [-0.1, -0.05) is 20.8 Å². The van der Waals surface area contributed by atoms with E-state index in [1.54, 1.807) is 11.6 Å². The first-order chi connectivity index (χ1) is 11.1. The molecule has 0 fully saturated rings. The van der Waals surface area contributed by atoms with Gasteiger partial charge in [-0.2, -0.15) is 0 Å². The van der Waals surface area contributed by atoms with Crippen LogP contribution in [-0.4, -0.2) is 23.7 Å². The fraction of sp³-hybridized carbons (Fsp3) is 0.412. The van der Waals surface area contributed by atoms with Gasteiger partial charge in [0.2, 0.25) is 0 Å². The summed E-state index contributed by atoms with van der Waals surface area (Å²) in [5.74, 6) is -0.490. The predicted molar refractivity (Wildman–Crippen MR) is 97.1 cm³/mol. The number of carbonyl (C=O) groups is 2. The van der Waals surface area contributed by atoms with Gasteiger partial charge in [0.05, 0.1) is 17.8 Å². The van der Waals surface area contributed by atoms with Gasteiger partial charge >= 0.3 is 12.0 Å². The van der Waals surface area contributed by atoms with Gasteiger partial charge in [0.25, 0.3) is 0 Å². The van der Waals surface area contributed by atoms with E-state index in [1.165, 1.54) is 18.4 Å². The van der Waals surface area contributed by atoms with Crippen molar-refractivity contribution in [1.82, 2.24) is 4.57 Å². The highest BCUT2D eigenvalue weighted by Crippen LogP contribution is 2.30. The molecule has 24 heavy (non-hydrogen) atoms. The van der Waals surface area contributed by atoms with Gasteiger partial charge < -0.3 is 14.6 Å². The molecule has 2 aromatic heterocycles. The Balaban J connectivity index is 2.31. The summed E-state index contributed by atoms with van der Waals surface area (Å²) in [6, 6.07) is 5.19. The lowest BCUT2D eigenvalue weighted by Crippen LogP contribution is -2.21. The molecule has 0 aliphatic carbocycles. The van der Waals surface area contributed by atoms with Crippen LogP contribution in [0, 0.1) is 6.92 Å². The van der Waals surface area contributed by atoms with Crippen LogP contribution >= 0.6 is 11.3 Å². The highest BCUT2D eigenvalue weighted by atomic mass is 32.1. The van der Waals surface area contributed by atoms with Gasteiger partial charge in [0.15, 0.2) is 5.69 Å². The maximum absolute atomic E-state index is 12.2. The summed E-state index contributed by atoms with van der Waals surface area (Å²) in [5, 5.41) is 6.27. The van der Waals surface area contributed by atoms with E-state index in [-0.39, 0.29) is 5.41 Å². The molecule has 6 nitrogen and oxygen atoms in total. The Morgan fingerprint density at radius 1 is 1.21 bits per heavy atom. The predicted octanol–water partition coefficient (Wildman–Crippen LogP) is 4.12. The summed E-state index contributed by atoms with van der Waals surface area (Å²) in [6.07, 6.45) is 0. The summed E-state index contributed by atoms with van der Waals surface area (Å²) in [6.45, 7) is 8.10. The number of methoxy groups -OCH3 is 1. The van der Waals surface area contributed by atoms with Crippen molar-refractivity contribution in [3.63, 3.8) is 0 Å². The van der Waals surface area contributed by atoms with Gasteiger partial charge in [0.1, 0.15) is 0 Å². The molecule has 0 unspecified atom stereocenters. The monoisotopic (exact) mass is 349 g/mol. The number of esters is 1. The van der Waals surface area contributed by atoms with Crippen molar-refractivity contribution < 1.29 is 14.3 Å². The van der Waals surface area contributed by atoms with Crippen molar-refractivity contribution >= 4 is 34.0 Å². The number of hydrogen-bond acceptors (Lipinski definition) is 4. The second-order valence-corrected chi connectivity index (χ2v) is 7.87. The van der Waals surface area contributed by atoms with Gasteiger partial charge in [0, 0.05) is 23.0 Å². The molecule has 0 aliphatic heterocycles. The molecule has 0 saturated carbocycles. The summed E-state index contributed by atoms with van der Waals surface area (Å²) in [7, 11) is 3.11. The Bertz CT molecular complexity index is 769. The average molecular weight is 349 g/mol. The van der Waals surface area contributed by atoms with E-state index in [2.05, 4.69) is 10.6 Å². The van der Waals surface area contributed by atoms with E-state index in [0.29, 0.717) is 11.4 Å². The highest BCUT2D eigenvalue weighted by molar-refractivity contribution is 7.16. The molecule has 0 radical (unpaired) electrons. The maximum Gasteiger partial charge on any atom is 0.356 e. The number of ether oxygens (including phenoxy) is 1. The number of urea groups is 1. The number of carbonyl (C=O) groups excluding carboxylic acids is 2. The molecule has 0 bridgehead atoms. The minimum absolute atomic E-state index is 0.182. The SMILES string of the molecule is COC(=O)c1c(NC(=O)Nc2ccc(C)s2)cc(C(C)(C)C)n1C. The lowest BCUT2D eigenvalue weighted by atomic mass is 9.92. The van der Waals surface area contributed by atoms with E-state index in [1.807, 2.05) is 45.9 Å². The fourth-order valence-electron chi connectivity index (χ4n) is 2.53. The van der Waals surface area contributed by atoms with Crippen LogP contribution in [0.5, 0.6) is 0 Å². The summed E-state index contributed by atoms with van der Waals surface area (Å²) < 4.78 is 6.62. The molecule has 0 aliphatic rings. The van der Waals surface area contributed by atoms with Crippen LogP contribution in [0.4, 0.5) is 15.5 Å². The van der Waals surface area contributed by atoms with Crippen molar-refractivity contribution in [1.29, 1.82) is 0 Å². The fourth-order valence-corrected chi connectivity index (χ4v) is 3.29. The number of rotatable bonds is 3. The number of nitrogens with one attached hydrogen (secondary N) is 2. The van der Waals surface area contributed by atoms with Gasteiger partial charge in [-0.05, 0) is 25.1 Å². The maximum atomic E-state index is 12.2. The van der Waals surface area contributed by atoms with E-state index in [0.717, 1.165) is 15.6 Å². The molecule has 0 atom stereocenters. The van der Waals surface area contributed by atoms with Crippen LogP contribution in [0.3, 0.4) is 0 Å². The van der Waals surface area contributed by atoms with Crippen LogP contribution in [0.25, 0.3) is 0 Å². The Morgan fingerprint density at radius 3 is 2.38 bits per heavy atom. The first-order valence-electron chi connectivity index (χ1n) is 7.56. The minimum Gasteiger partial charge on any atom is -0.464 e. The molecule has 2 heterocycles. The smallest absolute Gasteiger partial charge is 0.356 e. The van der Waals surface area contributed by atoms with E-state index >= 15 is 0 Å². The number of thiophene rings is 1. The van der Waals surface area contributed by atoms with Crippen LogP contribution in [0.1, 0.15) is 41.8 Å². The summed E-state index contributed by atoms with van der Waals surface area (Å²) in [5.41, 5.74) is 1.49. The molecule has 2 N–H and O–H groups in total. The first-order valence-corrected chi connectivity index (χ1v) is 8.38. The highest BCUT2D eigenvalue weighted by Gasteiger charge is 2.27. The second kappa shape index (κ2) is 6.68. The Labute approximate surface area is 145 Å². The number of hydrogen-bond donors (Lipinski definition) is 2. The third kappa shape index (κ3) is 3.79. The lowest BCUT2D eigenvalue weighted by Gasteiger charge is -2.19. The van der Waals surface area contributed by atoms with Crippen molar-refractivity contribution in [2.45, 2.75) is 33.1 Å². The molecule has 2 aromatic rings. The topological polar surface area (TPSA) is 72.4 Å². The molecule has 2 rings (SSSR count). The molecule has 130 valence electrons. The van der Waals surface area contributed by atoms with Crippen LogP contribution in [0.15, 0.2) is 18.2 Å². The second-order valence-electron chi connectivity index (χ2n) is 6.58. The molecular formula is C17H23N3O3S. The van der Waals surface area contributed by atoms with Crippen molar-refractivity contribution in [3.8, 4) is 0 Å². The quantitative estimate of drug-likeness (QED) is 0.819. The van der Waals surface area contributed by atoms with Gasteiger partial charge in [-0.25, -0.2) is 9.59 Å². The number of aromatic nitrogens is 1. The molecule has 0 spiro atoms. The van der Waals surface area contributed by atoms with Crippen molar-refractivity contribution in [2.75, 3.05) is 17.7 Å². The van der Waals surface area contributed by atoms with Crippen LogP contribution in [0.2, 0.25) is 0 Å². The number of nitrogens with zero attached hydrogens (tertiary/aromatic N) is 1. The summed E-state index contributed by atoms with van der Waals surface area (Å²) >= 11 is 1.49.